The molecule has 0 bridgehead atoms. The van der Waals surface area contributed by atoms with Crippen molar-refractivity contribution in [2.45, 2.75) is 13.8 Å². The summed E-state index contributed by atoms with van der Waals surface area (Å²) in [6, 6.07) is 9.65. The molecule has 0 saturated carbocycles. The van der Waals surface area contributed by atoms with Crippen molar-refractivity contribution in [3.05, 3.63) is 50.1 Å². The van der Waals surface area contributed by atoms with Crippen LogP contribution in [0.5, 0.6) is 0 Å². The van der Waals surface area contributed by atoms with Gasteiger partial charge in [-0.3, -0.25) is 4.79 Å². The van der Waals surface area contributed by atoms with Crippen molar-refractivity contribution in [3.63, 3.8) is 0 Å². The molecule has 1 N–H and O–H groups in total. The third kappa shape index (κ3) is 2.96. The quantitative estimate of drug-likeness (QED) is 0.876. The lowest BCUT2D eigenvalue weighted by Crippen LogP contribution is -2.09. The summed E-state index contributed by atoms with van der Waals surface area (Å²) < 4.78 is 1.01. The van der Waals surface area contributed by atoms with Gasteiger partial charge in [0.25, 0.3) is 5.91 Å². The van der Waals surface area contributed by atoms with E-state index in [0.29, 0.717) is 0 Å². The highest BCUT2D eigenvalue weighted by molar-refractivity contribution is 9.11. The van der Waals surface area contributed by atoms with E-state index in [4.69, 9.17) is 0 Å². The number of benzene rings is 1. The van der Waals surface area contributed by atoms with Gasteiger partial charge in [0.1, 0.15) is 0 Å². The van der Waals surface area contributed by atoms with Gasteiger partial charge in [0, 0.05) is 5.69 Å². The predicted molar refractivity (Wildman–Crippen MR) is 75.9 cm³/mol. The molecule has 2 aromatic rings. The highest BCUT2D eigenvalue weighted by Crippen LogP contribution is 2.27. The minimum atomic E-state index is -0.0624. The van der Waals surface area contributed by atoms with E-state index in [1.54, 1.807) is 0 Å². The molecule has 4 heteroatoms. The fraction of sp³-hybridized carbons (Fsp3) is 0.154. The first-order valence-corrected chi connectivity index (χ1v) is 6.81. The molecule has 0 radical (unpaired) electrons. The molecule has 2 nitrogen and oxygen atoms in total. The smallest absolute Gasteiger partial charge is 0.265 e. The van der Waals surface area contributed by atoms with Crippen LogP contribution in [0.2, 0.25) is 0 Å². The second-order valence-electron chi connectivity index (χ2n) is 3.89. The Morgan fingerprint density at radius 3 is 2.41 bits per heavy atom. The Bertz CT molecular complexity index is 526. The highest BCUT2D eigenvalue weighted by Gasteiger charge is 2.11. The average molecular weight is 310 g/mol. The molecule has 88 valence electrons. The number of nitrogens with one attached hydrogen (secondary N) is 1. The van der Waals surface area contributed by atoms with E-state index in [9.17, 15) is 4.79 Å². The number of carbonyl (C=O) groups is 1. The SMILES string of the molecule is Cc1ccc(NC(=O)c2cc(C)c(Br)s2)cc1. The highest BCUT2D eigenvalue weighted by atomic mass is 79.9. The fourth-order valence-corrected chi connectivity index (χ4v) is 2.83. The first-order chi connectivity index (χ1) is 8.06. The third-order valence-electron chi connectivity index (χ3n) is 2.39. The third-order valence-corrected chi connectivity index (χ3v) is 4.53. The summed E-state index contributed by atoms with van der Waals surface area (Å²) in [5, 5.41) is 2.88. The van der Waals surface area contributed by atoms with Gasteiger partial charge in [-0.05, 0) is 53.5 Å². The number of thiophene rings is 1. The summed E-state index contributed by atoms with van der Waals surface area (Å²) in [5.74, 6) is -0.0624. The topological polar surface area (TPSA) is 29.1 Å². The molecule has 1 aromatic carbocycles. The summed E-state index contributed by atoms with van der Waals surface area (Å²) in [7, 11) is 0. The van der Waals surface area contributed by atoms with E-state index in [1.165, 1.54) is 16.9 Å². The molecule has 2 rings (SSSR count). The first-order valence-electron chi connectivity index (χ1n) is 5.20. The van der Waals surface area contributed by atoms with Crippen molar-refractivity contribution in [1.82, 2.24) is 0 Å². The summed E-state index contributed by atoms with van der Waals surface area (Å²) in [4.78, 5) is 12.7. The number of hydrogen-bond acceptors (Lipinski definition) is 2. The Morgan fingerprint density at radius 1 is 1.24 bits per heavy atom. The Kier molecular flexibility index (Phi) is 3.64. The zero-order chi connectivity index (χ0) is 12.4. The van der Waals surface area contributed by atoms with Crippen LogP contribution in [-0.2, 0) is 0 Å². The van der Waals surface area contributed by atoms with E-state index in [0.717, 1.165) is 19.9 Å². The van der Waals surface area contributed by atoms with Crippen LogP contribution in [0.15, 0.2) is 34.1 Å². The van der Waals surface area contributed by atoms with Gasteiger partial charge in [-0.25, -0.2) is 0 Å². The Hall–Kier alpha value is -1.13. The molecule has 1 aromatic heterocycles. The molecule has 0 saturated heterocycles. The molecule has 0 aliphatic carbocycles. The zero-order valence-electron chi connectivity index (χ0n) is 9.58. The Labute approximate surface area is 113 Å². The van der Waals surface area contributed by atoms with Crippen LogP contribution in [0.3, 0.4) is 0 Å². The Morgan fingerprint density at radius 2 is 1.88 bits per heavy atom. The van der Waals surface area contributed by atoms with Crippen molar-refractivity contribution in [1.29, 1.82) is 0 Å². The van der Waals surface area contributed by atoms with Gasteiger partial charge >= 0.3 is 0 Å². The van der Waals surface area contributed by atoms with E-state index >= 15 is 0 Å². The van der Waals surface area contributed by atoms with Gasteiger partial charge in [0.05, 0.1) is 8.66 Å². The molecule has 1 heterocycles. The minimum absolute atomic E-state index is 0.0624. The number of hydrogen-bond donors (Lipinski definition) is 1. The lowest BCUT2D eigenvalue weighted by Gasteiger charge is -2.03. The van der Waals surface area contributed by atoms with E-state index in [-0.39, 0.29) is 5.91 Å². The molecule has 17 heavy (non-hydrogen) atoms. The maximum absolute atomic E-state index is 11.9. The maximum Gasteiger partial charge on any atom is 0.265 e. The van der Waals surface area contributed by atoms with Crippen LogP contribution in [-0.4, -0.2) is 5.91 Å². The van der Waals surface area contributed by atoms with Gasteiger partial charge in [0.15, 0.2) is 0 Å². The van der Waals surface area contributed by atoms with Crippen LogP contribution in [0.25, 0.3) is 0 Å². The normalized spacial score (nSPS) is 10.3. The number of amides is 1. The number of aryl methyl sites for hydroxylation is 2. The van der Waals surface area contributed by atoms with Crippen molar-refractivity contribution in [3.8, 4) is 0 Å². The number of halogens is 1. The summed E-state index contributed by atoms with van der Waals surface area (Å²) in [5.41, 5.74) is 3.09. The van der Waals surface area contributed by atoms with Crippen LogP contribution in [0.4, 0.5) is 5.69 Å². The summed E-state index contributed by atoms with van der Waals surface area (Å²) in [6.45, 7) is 3.99. The number of anilines is 1. The summed E-state index contributed by atoms with van der Waals surface area (Å²) >= 11 is 4.87. The van der Waals surface area contributed by atoms with E-state index in [2.05, 4.69) is 21.2 Å². The summed E-state index contributed by atoms with van der Waals surface area (Å²) in [6.07, 6.45) is 0. The molecule has 0 spiro atoms. The van der Waals surface area contributed by atoms with Crippen LogP contribution in [0.1, 0.15) is 20.8 Å². The molecule has 0 unspecified atom stereocenters. The van der Waals surface area contributed by atoms with E-state index in [1.807, 2.05) is 44.2 Å². The van der Waals surface area contributed by atoms with Crippen molar-refractivity contribution in [2.24, 2.45) is 0 Å². The molecule has 0 fully saturated rings. The van der Waals surface area contributed by atoms with Crippen LogP contribution >= 0.6 is 27.3 Å². The second kappa shape index (κ2) is 5.02. The minimum Gasteiger partial charge on any atom is -0.321 e. The fourth-order valence-electron chi connectivity index (χ4n) is 1.40. The number of carbonyl (C=O) groups excluding carboxylic acids is 1. The van der Waals surface area contributed by atoms with Crippen molar-refractivity contribution < 1.29 is 4.79 Å². The van der Waals surface area contributed by atoms with Crippen LogP contribution < -0.4 is 5.32 Å². The van der Waals surface area contributed by atoms with Gasteiger partial charge in [-0.1, -0.05) is 17.7 Å². The van der Waals surface area contributed by atoms with Gasteiger partial charge < -0.3 is 5.32 Å². The van der Waals surface area contributed by atoms with Crippen molar-refractivity contribution >= 4 is 38.9 Å². The van der Waals surface area contributed by atoms with Gasteiger partial charge in [-0.15, -0.1) is 11.3 Å². The lowest BCUT2D eigenvalue weighted by atomic mass is 10.2. The van der Waals surface area contributed by atoms with E-state index < -0.39 is 0 Å². The first kappa shape index (κ1) is 12.3. The molecular formula is C13H12BrNOS. The zero-order valence-corrected chi connectivity index (χ0v) is 12.0. The lowest BCUT2D eigenvalue weighted by molar-refractivity contribution is 0.103. The largest absolute Gasteiger partial charge is 0.321 e. The molecule has 1 amide bonds. The maximum atomic E-state index is 11.9. The molecule has 0 atom stereocenters. The number of rotatable bonds is 2. The predicted octanol–water partition coefficient (Wildman–Crippen LogP) is 4.38. The molecular weight excluding hydrogens is 298 g/mol. The second-order valence-corrected chi connectivity index (χ2v) is 6.26. The van der Waals surface area contributed by atoms with Gasteiger partial charge in [0.2, 0.25) is 0 Å². The molecule has 0 aliphatic rings. The van der Waals surface area contributed by atoms with Crippen molar-refractivity contribution in [2.75, 3.05) is 5.32 Å². The molecule has 0 aliphatic heterocycles. The standard InChI is InChI=1S/C13H12BrNOS/c1-8-3-5-10(6-4-8)15-13(16)11-7-9(2)12(14)17-11/h3-7H,1-2H3,(H,15,16). The monoisotopic (exact) mass is 309 g/mol. The van der Waals surface area contributed by atoms with Crippen LogP contribution in [0, 0.1) is 13.8 Å². The van der Waals surface area contributed by atoms with Gasteiger partial charge in [-0.2, -0.15) is 0 Å². The average Bonchev–Trinajstić information content (AvgIpc) is 2.63. The Balaban J connectivity index is 2.14.